The lowest BCUT2D eigenvalue weighted by atomic mass is 9.83. The number of hydrogen-bond acceptors (Lipinski definition) is 3. The second-order valence-electron chi connectivity index (χ2n) is 7.10. The minimum Gasteiger partial charge on any atom is -0.322 e. The van der Waals surface area contributed by atoms with Gasteiger partial charge in [0.15, 0.2) is 0 Å². The van der Waals surface area contributed by atoms with Gasteiger partial charge in [-0.1, -0.05) is 29.3 Å². The van der Waals surface area contributed by atoms with Gasteiger partial charge in [-0.3, -0.25) is 14.7 Å². The maximum absolute atomic E-state index is 14.6. The number of hydrogen-bond donors (Lipinski definition) is 2. The van der Waals surface area contributed by atoms with Crippen LogP contribution in [0, 0.1) is 5.82 Å². The Hall–Kier alpha value is -2.90. The fraction of sp³-hybridized carbons (Fsp3) is 0.190. The van der Waals surface area contributed by atoms with Gasteiger partial charge >= 0.3 is 0 Å². The molecule has 2 aromatic carbocycles. The summed E-state index contributed by atoms with van der Waals surface area (Å²) >= 11 is 12.0. The van der Waals surface area contributed by atoms with Gasteiger partial charge in [-0.25, -0.2) is 4.39 Å². The van der Waals surface area contributed by atoms with E-state index in [1.165, 1.54) is 17.0 Å². The molecule has 0 saturated heterocycles. The SMILES string of the molecule is CC1=C(C(=O)Nc2ccc3n[nH]c(Cl)c3c2)C(c2ccc(Cl)cc2F)CC(=O)N1C. The van der Waals surface area contributed by atoms with E-state index in [0.29, 0.717) is 33.0 Å². The van der Waals surface area contributed by atoms with Gasteiger partial charge in [0.2, 0.25) is 5.91 Å². The van der Waals surface area contributed by atoms with E-state index < -0.39 is 17.6 Å². The molecular weight excluding hydrogens is 430 g/mol. The van der Waals surface area contributed by atoms with Crippen molar-refractivity contribution in [3.05, 3.63) is 69.2 Å². The van der Waals surface area contributed by atoms with Crippen molar-refractivity contribution < 1.29 is 14.0 Å². The van der Waals surface area contributed by atoms with Gasteiger partial charge in [0.25, 0.3) is 5.91 Å². The number of anilines is 1. The first-order valence-corrected chi connectivity index (χ1v) is 9.89. The topological polar surface area (TPSA) is 78.1 Å². The third-order valence-electron chi connectivity index (χ3n) is 5.34. The number of nitrogens with zero attached hydrogens (tertiary/aromatic N) is 2. The number of aromatic amines is 1. The van der Waals surface area contributed by atoms with Gasteiger partial charge in [-0.05, 0) is 42.8 Å². The zero-order valence-electron chi connectivity index (χ0n) is 16.1. The minimum atomic E-state index is -0.729. The molecule has 1 aliphatic heterocycles. The van der Waals surface area contributed by atoms with Crippen LogP contribution in [0.3, 0.4) is 0 Å². The number of rotatable bonds is 3. The Morgan fingerprint density at radius 3 is 2.77 bits per heavy atom. The maximum Gasteiger partial charge on any atom is 0.253 e. The first-order chi connectivity index (χ1) is 14.3. The number of fused-ring (bicyclic) bond motifs is 1. The molecule has 0 fully saturated rings. The molecule has 1 atom stereocenters. The van der Waals surface area contributed by atoms with E-state index in [9.17, 15) is 14.0 Å². The summed E-state index contributed by atoms with van der Waals surface area (Å²) in [6.45, 7) is 1.67. The van der Waals surface area contributed by atoms with Crippen molar-refractivity contribution in [1.29, 1.82) is 0 Å². The van der Waals surface area contributed by atoms with Gasteiger partial charge in [0.05, 0.1) is 5.52 Å². The number of allylic oxidation sites excluding steroid dienone is 1. The van der Waals surface area contributed by atoms with Gasteiger partial charge < -0.3 is 10.2 Å². The van der Waals surface area contributed by atoms with Crippen LogP contribution in [0.4, 0.5) is 10.1 Å². The summed E-state index contributed by atoms with van der Waals surface area (Å²) in [7, 11) is 1.59. The summed E-state index contributed by atoms with van der Waals surface area (Å²) < 4.78 is 14.6. The highest BCUT2D eigenvalue weighted by Crippen LogP contribution is 2.38. The first-order valence-electron chi connectivity index (χ1n) is 9.13. The molecule has 2 N–H and O–H groups in total. The number of benzene rings is 2. The number of amides is 2. The highest BCUT2D eigenvalue weighted by atomic mass is 35.5. The van der Waals surface area contributed by atoms with Gasteiger partial charge in [-0.15, -0.1) is 0 Å². The van der Waals surface area contributed by atoms with E-state index in [1.807, 2.05) is 0 Å². The first kappa shape index (κ1) is 20.4. The molecule has 9 heteroatoms. The highest BCUT2D eigenvalue weighted by molar-refractivity contribution is 6.34. The number of carbonyl (C=O) groups is 2. The summed E-state index contributed by atoms with van der Waals surface area (Å²) in [6.07, 6.45) is -0.0261. The average Bonchev–Trinajstić information content (AvgIpc) is 3.06. The smallest absolute Gasteiger partial charge is 0.253 e. The molecule has 2 amide bonds. The summed E-state index contributed by atoms with van der Waals surface area (Å²) in [5.74, 6) is -1.91. The number of aromatic nitrogens is 2. The predicted molar refractivity (Wildman–Crippen MR) is 114 cm³/mol. The summed E-state index contributed by atoms with van der Waals surface area (Å²) in [5, 5.41) is 10.8. The van der Waals surface area contributed by atoms with Crippen molar-refractivity contribution in [2.45, 2.75) is 19.3 Å². The Labute approximate surface area is 181 Å². The van der Waals surface area contributed by atoms with Crippen molar-refractivity contribution in [3.63, 3.8) is 0 Å². The van der Waals surface area contributed by atoms with Crippen molar-refractivity contribution in [1.82, 2.24) is 15.1 Å². The van der Waals surface area contributed by atoms with E-state index in [4.69, 9.17) is 23.2 Å². The fourth-order valence-electron chi connectivity index (χ4n) is 3.66. The van der Waals surface area contributed by atoms with Crippen LogP contribution in [0.25, 0.3) is 10.9 Å². The van der Waals surface area contributed by atoms with Crippen LogP contribution in [0.2, 0.25) is 10.2 Å². The van der Waals surface area contributed by atoms with Gasteiger partial charge in [-0.2, -0.15) is 5.10 Å². The fourth-order valence-corrected chi connectivity index (χ4v) is 4.01. The van der Waals surface area contributed by atoms with E-state index in [0.717, 1.165) is 0 Å². The number of carbonyl (C=O) groups excluding carboxylic acids is 2. The van der Waals surface area contributed by atoms with Crippen molar-refractivity contribution in [2.75, 3.05) is 12.4 Å². The van der Waals surface area contributed by atoms with Crippen molar-refractivity contribution in [2.24, 2.45) is 0 Å². The predicted octanol–water partition coefficient (Wildman–Crippen LogP) is 4.87. The summed E-state index contributed by atoms with van der Waals surface area (Å²) in [4.78, 5) is 27.1. The molecule has 0 spiro atoms. The normalized spacial score (nSPS) is 17.0. The third-order valence-corrected chi connectivity index (χ3v) is 5.87. The van der Waals surface area contributed by atoms with Crippen LogP contribution >= 0.6 is 23.2 Å². The molecule has 2 heterocycles. The van der Waals surface area contributed by atoms with E-state index in [1.54, 1.807) is 38.2 Å². The molecule has 154 valence electrons. The van der Waals surface area contributed by atoms with Crippen molar-refractivity contribution >= 4 is 51.6 Å². The molecule has 1 aliphatic rings. The monoisotopic (exact) mass is 446 g/mol. The molecule has 3 aromatic rings. The third kappa shape index (κ3) is 3.55. The highest BCUT2D eigenvalue weighted by Gasteiger charge is 2.36. The molecule has 6 nitrogen and oxygen atoms in total. The summed E-state index contributed by atoms with van der Waals surface area (Å²) in [5.41, 5.74) is 2.20. The molecule has 1 aromatic heterocycles. The molecule has 4 rings (SSSR count). The Morgan fingerprint density at radius 1 is 1.27 bits per heavy atom. The van der Waals surface area contributed by atoms with Gasteiger partial charge in [0.1, 0.15) is 11.0 Å². The lowest BCUT2D eigenvalue weighted by Crippen LogP contribution is -2.37. The number of halogens is 3. The molecule has 0 bridgehead atoms. The largest absolute Gasteiger partial charge is 0.322 e. The molecule has 0 aliphatic carbocycles. The zero-order chi connectivity index (χ0) is 21.6. The van der Waals surface area contributed by atoms with Crippen LogP contribution in [0.5, 0.6) is 0 Å². The molecule has 1 unspecified atom stereocenters. The lowest BCUT2D eigenvalue weighted by molar-refractivity contribution is -0.129. The molecule has 0 radical (unpaired) electrons. The Balaban J connectivity index is 1.74. The molecule has 30 heavy (non-hydrogen) atoms. The van der Waals surface area contributed by atoms with E-state index in [2.05, 4.69) is 15.5 Å². The minimum absolute atomic E-state index is 0.0261. The Kier molecular flexibility index (Phi) is 5.26. The van der Waals surface area contributed by atoms with Crippen LogP contribution < -0.4 is 5.32 Å². The number of H-pyrrole nitrogens is 1. The standard InChI is InChI=1S/C21H17Cl2FN4O2/c1-10-19(21(30)25-12-4-6-17-15(8-12)20(23)27-26-17)14(9-18(29)28(10)2)13-5-3-11(22)7-16(13)24/h3-8,14H,9H2,1-2H3,(H,25,30)(H,26,27). The molecule has 0 saturated carbocycles. The van der Waals surface area contributed by atoms with Crippen LogP contribution in [-0.2, 0) is 9.59 Å². The van der Waals surface area contributed by atoms with E-state index in [-0.39, 0.29) is 22.9 Å². The zero-order valence-corrected chi connectivity index (χ0v) is 17.6. The Bertz CT molecular complexity index is 1220. The summed E-state index contributed by atoms with van der Waals surface area (Å²) in [6, 6.07) is 9.36. The number of nitrogens with one attached hydrogen (secondary N) is 2. The van der Waals surface area contributed by atoms with Gasteiger partial charge in [0, 0.05) is 46.8 Å². The second kappa shape index (κ2) is 7.74. The molecular formula is C21H17Cl2FN4O2. The van der Waals surface area contributed by atoms with Crippen LogP contribution in [0.15, 0.2) is 47.7 Å². The van der Waals surface area contributed by atoms with Crippen molar-refractivity contribution in [3.8, 4) is 0 Å². The van der Waals surface area contributed by atoms with Crippen LogP contribution in [-0.4, -0.2) is 34.0 Å². The average molecular weight is 447 g/mol. The Morgan fingerprint density at radius 2 is 2.03 bits per heavy atom. The van der Waals surface area contributed by atoms with E-state index >= 15 is 0 Å². The second-order valence-corrected chi connectivity index (χ2v) is 7.91. The quantitative estimate of drug-likeness (QED) is 0.602. The maximum atomic E-state index is 14.6. The lowest BCUT2D eigenvalue weighted by Gasteiger charge is -2.32. The van der Waals surface area contributed by atoms with Crippen LogP contribution in [0.1, 0.15) is 24.8 Å².